The highest BCUT2D eigenvalue weighted by atomic mass is 32.2. The van der Waals surface area contributed by atoms with Crippen LogP contribution < -0.4 is 0 Å². The van der Waals surface area contributed by atoms with Gasteiger partial charge in [-0.2, -0.15) is 11.8 Å². The van der Waals surface area contributed by atoms with Crippen LogP contribution in [0.3, 0.4) is 0 Å². The second-order valence-corrected chi connectivity index (χ2v) is 6.99. The van der Waals surface area contributed by atoms with Crippen molar-refractivity contribution in [3.63, 3.8) is 0 Å². The molecule has 5 nitrogen and oxygen atoms in total. The van der Waals surface area contributed by atoms with Gasteiger partial charge >= 0.3 is 0 Å². The number of carbonyl (C=O) groups excluding carboxylic acids is 2. The van der Waals surface area contributed by atoms with Gasteiger partial charge in [-0.05, 0) is 18.6 Å². The van der Waals surface area contributed by atoms with E-state index in [0.29, 0.717) is 25.9 Å². The number of likely N-dealkylation sites (tertiary alicyclic amines) is 1. The summed E-state index contributed by atoms with van der Waals surface area (Å²) in [6, 6.07) is 5.70. The van der Waals surface area contributed by atoms with E-state index in [1.807, 2.05) is 34.9 Å². The van der Waals surface area contributed by atoms with Gasteiger partial charge in [0.2, 0.25) is 11.8 Å². The van der Waals surface area contributed by atoms with Crippen LogP contribution in [-0.2, 0) is 16.1 Å². The number of nitrogens with zero attached hydrogens (tertiary/aromatic N) is 3. The minimum absolute atomic E-state index is 0.0514. The van der Waals surface area contributed by atoms with E-state index < -0.39 is 0 Å². The molecule has 2 aliphatic heterocycles. The fraction of sp³-hybridized carbons (Fsp3) is 0.562. The molecule has 0 saturated carbocycles. The van der Waals surface area contributed by atoms with Crippen molar-refractivity contribution in [2.24, 2.45) is 5.92 Å². The van der Waals surface area contributed by atoms with Gasteiger partial charge in [-0.1, -0.05) is 6.07 Å². The Kier molecular flexibility index (Phi) is 4.97. The largest absolute Gasteiger partial charge is 0.341 e. The molecule has 6 heteroatoms. The number of hydrogen-bond acceptors (Lipinski definition) is 4. The van der Waals surface area contributed by atoms with Crippen LogP contribution in [0.1, 0.15) is 18.5 Å². The Labute approximate surface area is 135 Å². The molecular weight excluding hydrogens is 298 g/mol. The maximum Gasteiger partial charge on any atom is 0.227 e. The van der Waals surface area contributed by atoms with Gasteiger partial charge < -0.3 is 9.80 Å². The van der Waals surface area contributed by atoms with Gasteiger partial charge in [-0.15, -0.1) is 0 Å². The third-order valence-electron chi connectivity index (χ3n) is 4.25. The lowest BCUT2D eigenvalue weighted by molar-refractivity contribution is -0.143. The summed E-state index contributed by atoms with van der Waals surface area (Å²) in [6.45, 7) is 2.71. The Bertz CT molecular complexity index is 531. The second kappa shape index (κ2) is 7.13. The molecule has 22 heavy (non-hydrogen) atoms. The smallest absolute Gasteiger partial charge is 0.227 e. The van der Waals surface area contributed by atoms with Gasteiger partial charge in [0.25, 0.3) is 0 Å². The minimum Gasteiger partial charge on any atom is -0.341 e. The molecule has 118 valence electrons. The molecule has 2 aliphatic rings. The molecule has 3 rings (SSSR count). The molecule has 2 amide bonds. The second-order valence-electron chi connectivity index (χ2n) is 5.77. The number of aromatic nitrogens is 1. The average molecular weight is 319 g/mol. The summed E-state index contributed by atoms with van der Waals surface area (Å²) in [4.78, 5) is 32.8. The van der Waals surface area contributed by atoms with Crippen LogP contribution in [0.5, 0.6) is 0 Å². The highest BCUT2D eigenvalue weighted by Gasteiger charge is 2.33. The number of carbonyl (C=O) groups is 2. The van der Waals surface area contributed by atoms with Crippen LogP contribution in [0.2, 0.25) is 0 Å². The summed E-state index contributed by atoms with van der Waals surface area (Å²) in [5.41, 5.74) is 0.873. The van der Waals surface area contributed by atoms with E-state index in [-0.39, 0.29) is 17.7 Å². The van der Waals surface area contributed by atoms with Crippen molar-refractivity contribution in [2.45, 2.75) is 19.4 Å². The van der Waals surface area contributed by atoms with Crippen molar-refractivity contribution in [3.8, 4) is 0 Å². The zero-order valence-corrected chi connectivity index (χ0v) is 13.4. The standard InChI is InChI=1S/C16H21N3O2S/c20-15-5-4-13(16(21)18-7-9-22-10-8-18)11-19(15)12-14-3-1-2-6-17-14/h1-3,6,13H,4-5,7-12H2. The summed E-state index contributed by atoms with van der Waals surface area (Å²) in [7, 11) is 0. The highest BCUT2D eigenvalue weighted by Crippen LogP contribution is 2.22. The molecule has 3 heterocycles. The fourth-order valence-electron chi connectivity index (χ4n) is 3.00. The van der Waals surface area contributed by atoms with Crippen LogP contribution in [-0.4, -0.2) is 57.7 Å². The Hall–Kier alpha value is -1.56. The van der Waals surface area contributed by atoms with Gasteiger partial charge in [0.15, 0.2) is 0 Å². The van der Waals surface area contributed by atoms with E-state index in [0.717, 1.165) is 30.3 Å². The number of amides is 2. The molecule has 0 aromatic carbocycles. The molecule has 0 N–H and O–H groups in total. The van der Waals surface area contributed by atoms with E-state index in [2.05, 4.69) is 4.98 Å². The lowest BCUT2D eigenvalue weighted by Gasteiger charge is -2.35. The van der Waals surface area contributed by atoms with Crippen molar-refractivity contribution >= 4 is 23.6 Å². The predicted molar refractivity (Wildman–Crippen MR) is 86.3 cm³/mol. The molecule has 2 fully saturated rings. The summed E-state index contributed by atoms with van der Waals surface area (Å²) in [5, 5.41) is 0. The molecule has 1 atom stereocenters. The first kappa shape index (κ1) is 15.3. The zero-order chi connectivity index (χ0) is 15.4. The van der Waals surface area contributed by atoms with Gasteiger partial charge in [0, 0.05) is 43.8 Å². The SMILES string of the molecule is O=C1CCC(C(=O)N2CCSCC2)CN1Cc1ccccn1. The van der Waals surface area contributed by atoms with E-state index in [9.17, 15) is 9.59 Å². The van der Waals surface area contributed by atoms with Crippen molar-refractivity contribution in [1.29, 1.82) is 0 Å². The normalized spacial score (nSPS) is 22.7. The van der Waals surface area contributed by atoms with Crippen molar-refractivity contribution in [1.82, 2.24) is 14.8 Å². The Morgan fingerprint density at radius 3 is 2.86 bits per heavy atom. The third kappa shape index (κ3) is 3.61. The lowest BCUT2D eigenvalue weighted by Crippen LogP contribution is -2.48. The number of piperidine rings is 1. The van der Waals surface area contributed by atoms with Gasteiger partial charge in [-0.3, -0.25) is 14.6 Å². The molecule has 1 aromatic rings. The quantitative estimate of drug-likeness (QED) is 0.845. The van der Waals surface area contributed by atoms with Gasteiger partial charge in [0.1, 0.15) is 0 Å². The van der Waals surface area contributed by atoms with Crippen molar-refractivity contribution in [2.75, 3.05) is 31.1 Å². The van der Waals surface area contributed by atoms with Crippen LogP contribution in [0.15, 0.2) is 24.4 Å². The third-order valence-corrected chi connectivity index (χ3v) is 5.19. The number of thioether (sulfide) groups is 1. The Morgan fingerprint density at radius 1 is 1.32 bits per heavy atom. The van der Waals surface area contributed by atoms with Crippen molar-refractivity contribution in [3.05, 3.63) is 30.1 Å². The number of rotatable bonds is 3. The highest BCUT2D eigenvalue weighted by molar-refractivity contribution is 7.99. The molecule has 0 aliphatic carbocycles. The number of hydrogen-bond donors (Lipinski definition) is 0. The molecule has 1 aromatic heterocycles. The Morgan fingerprint density at radius 2 is 2.14 bits per heavy atom. The number of pyridine rings is 1. The van der Waals surface area contributed by atoms with E-state index in [1.165, 1.54) is 0 Å². The van der Waals surface area contributed by atoms with Crippen LogP contribution in [0, 0.1) is 5.92 Å². The predicted octanol–water partition coefficient (Wildman–Crippen LogP) is 1.40. The summed E-state index contributed by atoms with van der Waals surface area (Å²) < 4.78 is 0. The lowest BCUT2D eigenvalue weighted by atomic mass is 9.95. The maximum absolute atomic E-state index is 12.6. The molecule has 0 radical (unpaired) electrons. The van der Waals surface area contributed by atoms with Crippen LogP contribution in [0.25, 0.3) is 0 Å². The fourth-order valence-corrected chi connectivity index (χ4v) is 3.90. The molecular formula is C16H21N3O2S. The molecule has 0 bridgehead atoms. The minimum atomic E-state index is -0.0514. The average Bonchev–Trinajstić information content (AvgIpc) is 2.58. The van der Waals surface area contributed by atoms with E-state index in [4.69, 9.17) is 0 Å². The van der Waals surface area contributed by atoms with Crippen LogP contribution in [0.4, 0.5) is 0 Å². The van der Waals surface area contributed by atoms with Crippen LogP contribution >= 0.6 is 11.8 Å². The van der Waals surface area contributed by atoms with E-state index >= 15 is 0 Å². The van der Waals surface area contributed by atoms with Crippen molar-refractivity contribution < 1.29 is 9.59 Å². The monoisotopic (exact) mass is 319 g/mol. The van der Waals surface area contributed by atoms with Gasteiger partial charge in [0.05, 0.1) is 18.2 Å². The molecule has 0 spiro atoms. The Balaban J connectivity index is 1.62. The van der Waals surface area contributed by atoms with Gasteiger partial charge in [-0.25, -0.2) is 0 Å². The summed E-state index contributed by atoms with van der Waals surface area (Å²) in [6.07, 6.45) is 2.88. The van der Waals surface area contributed by atoms with E-state index in [1.54, 1.807) is 11.1 Å². The summed E-state index contributed by atoms with van der Waals surface area (Å²) >= 11 is 1.90. The first-order valence-electron chi connectivity index (χ1n) is 7.78. The maximum atomic E-state index is 12.6. The first-order valence-corrected chi connectivity index (χ1v) is 8.94. The first-order chi connectivity index (χ1) is 10.7. The zero-order valence-electron chi connectivity index (χ0n) is 12.6. The molecule has 2 saturated heterocycles. The molecule has 1 unspecified atom stereocenters. The topological polar surface area (TPSA) is 53.5 Å². The summed E-state index contributed by atoms with van der Waals surface area (Å²) in [5.74, 6) is 2.34.